The van der Waals surface area contributed by atoms with E-state index in [-0.39, 0.29) is 5.91 Å². The number of carbonyl (C=O) groups excluding carboxylic acids is 1. The fraction of sp³-hybridized carbons (Fsp3) is 0.412. The summed E-state index contributed by atoms with van der Waals surface area (Å²) < 4.78 is 6.95. The Balaban J connectivity index is 1.47. The zero-order valence-corrected chi connectivity index (χ0v) is 14.5. The number of hydrogen-bond acceptors (Lipinski definition) is 5. The number of benzene rings is 1. The van der Waals surface area contributed by atoms with Crippen molar-refractivity contribution in [2.24, 2.45) is 0 Å². The first-order valence-corrected chi connectivity index (χ1v) is 8.24. The van der Waals surface area contributed by atoms with Crippen molar-refractivity contribution in [2.45, 2.75) is 25.8 Å². The zero-order valence-electron chi connectivity index (χ0n) is 14.5. The Morgan fingerprint density at radius 3 is 3.04 bits per heavy atom. The number of nitrogens with one attached hydrogen (secondary N) is 1. The summed E-state index contributed by atoms with van der Waals surface area (Å²) in [4.78, 5) is 25.6. The van der Waals surface area contributed by atoms with E-state index in [2.05, 4.69) is 20.1 Å². The highest BCUT2D eigenvalue weighted by Crippen LogP contribution is 2.18. The summed E-state index contributed by atoms with van der Waals surface area (Å²) in [5.74, 6) is 1.78. The van der Waals surface area contributed by atoms with Crippen LogP contribution in [0.3, 0.4) is 0 Å². The minimum Gasteiger partial charge on any atom is -0.497 e. The number of ether oxygens (including phenoxy) is 1. The number of rotatable bonds is 8. The average Bonchev–Trinajstić information content (AvgIpc) is 3.27. The summed E-state index contributed by atoms with van der Waals surface area (Å²) in [5.41, 5.74) is 1.84. The van der Waals surface area contributed by atoms with Crippen LogP contribution in [0.25, 0.3) is 11.0 Å². The highest BCUT2D eigenvalue weighted by atomic mass is 16.5. The number of carbonyl (C=O) groups is 1. The summed E-state index contributed by atoms with van der Waals surface area (Å²) in [6.07, 6.45) is 5.08. The molecule has 0 unspecified atom stereocenters. The number of nitrogens with zero attached hydrogens (tertiary/aromatic N) is 5. The van der Waals surface area contributed by atoms with Crippen LogP contribution in [0, 0.1) is 0 Å². The maximum absolute atomic E-state index is 12.2. The van der Waals surface area contributed by atoms with Crippen LogP contribution in [0.4, 0.5) is 0 Å². The largest absolute Gasteiger partial charge is 0.497 e. The molecule has 8 nitrogen and oxygen atoms in total. The first-order chi connectivity index (χ1) is 12.2. The normalized spacial score (nSPS) is 11.0. The lowest BCUT2D eigenvalue weighted by atomic mass is 10.2. The lowest BCUT2D eigenvalue weighted by Gasteiger charge is -2.16. The first kappa shape index (κ1) is 16.9. The molecule has 1 N–H and O–H groups in total. The van der Waals surface area contributed by atoms with E-state index in [1.54, 1.807) is 23.0 Å². The van der Waals surface area contributed by atoms with Crippen molar-refractivity contribution in [1.82, 2.24) is 29.6 Å². The SMILES string of the molecule is COc1ccc2nc(CCN(C)C(=O)CCCn3cncn3)[nH]c2c1. The van der Waals surface area contributed by atoms with Crippen LogP contribution in [-0.2, 0) is 17.8 Å². The van der Waals surface area contributed by atoms with Gasteiger partial charge in [0.1, 0.15) is 24.2 Å². The van der Waals surface area contributed by atoms with Gasteiger partial charge in [-0.2, -0.15) is 5.10 Å². The molecule has 3 rings (SSSR count). The van der Waals surface area contributed by atoms with Gasteiger partial charge in [0.2, 0.25) is 5.91 Å². The number of fused-ring (bicyclic) bond motifs is 1. The highest BCUT2D eigenvalue weighted by Gasteiger charge is 2.10. The molecular weight excluding hydrogens is 320 g/mol. The predicted molar refractivity (Wildman–Crippen MR) is 93.2 cm³/mol. The molecule has 0 aliphatic carbocycles. The predicted octanol–water partition coefficient (Wildman–Crippen LogP) is 1.64. The number of aromatic amines is 1. The van der Waals surface area contributed by atoms with E-state index < -0.39 is 0 Å². The van der Waals surface area contributed by atoms with E-state index in [9.17, 15) is 4.79 Å². The number of aryl methyl sites for hydroxylation is 1. The van der Waals surface area contributed by atoms with Crippen molar-refractivity contribution >= 4 is 16.9 Å². The van der Waals surface area contributed by atoms with Gasteiger partial charge in [-0.15, -0.1) is 0 Å². The second-order valence-electron chi connectivity index (χ2n) is 5.89. The minimum atomic E-state index is 0.123. The third-order valence-electron chi connectivity index (χ3n) is 4.09. The maximum Gasteiger partial charge on any atom is 0.222 e. The molecule has 132 valence electrons. The number of amides is 1. The van der Waals surface area contributed by atoms with E-state index in [0.717, 1.165) is 29.0 Å². The van der Waals surface area contributed by atoms with Crippen LogP contribution < -0.4 is 4.74 Å². The Kier molecular flexibility index (Phi) is 5.27. The van der Waals surface area contributed by atoms with Gasteiger partial charge >= 0.3 is 0 Å². The number of aromatic nitrogens is 5. The van der Waals surface area contributed by atoms with E-state index in [4.69, 9.17) is 4.74 Å². The number of hydrogen-bond donors (Lipinski definition) is 1. The standard InChI is InChI=1S/C17H22N6O2/c1-22(17(24)4-3-8-23-12-18-11-19-23)9-7-16-20-14-6-5-13(25-2)10-15(14)21-16/h5-6,10-12H,3-4,7-9H2,1-2H3,(H,20,21). The second-order valence-corrected chi connectivity index (χ2v) is 5.89. The molecule has 0 atom stereocenters. The molecule has 0 bridgehead atoms. The third kappa shape index (κ3) is 4.34. The minimum absolute atomic E-state index is 0.123. The van der Waals surface area contributed by atoms with Gasteiger partial charge < -0.3 is 14.6 Å². The molecule has 3 aromatic rings. The van der Waals surface area contributed by atoms with E-state index >= 15 is 0 Å². The zero-order chi connectivity index (χ0) is 17.6. The molecule has 25 heavy (non-hydrogen) atoms. The van der Waals surface area contributed by atoms with Crippen LogP contribution in [0.2, 0.25) is 0 Å². The summed E-state index contributed by atoms with van der Waals surface area (Å²) in [6.45, 7) is 1.32. The molecule has 0 fully saturated rings. The third-order valence-corrected chi connectivity index (χ3v) is 4.09. The number of imidazole rings is 1. The average molecular weight is 342 g/mol. The van der Waals surface area contributed by atoms with Crippen molar-refractivity contribution in [3.63, 3.8) is 0 Å². The number of H-pyrrole nitrogens is 1. The van der Waals surface area contributed by atoms with Gasteiger partial charge in [0.05, 0.1) is 18.1 Å². The van der Waals surface area contributed by atoms with Crippen LogP contribution in [0.1, 0.15) is 18.7 Å². The number of methoxy groups -OCH3 is 1. The molecule has 0 saturated heterocycles. The maximum atomic E-state index is 12.2. The van der Waals surface area contributed by atoms with Crippen LogP contribution in [0.5, 0.6) is 5.75 Å². The molecular formula is C17H22N6O2. The second kappa shape index (κ2) is 7.78. The first-order valence-electron chi connectivity index (χ1n) is 8.24. The molecule has 2 heterocycles. The Bertz CT molecular complexity index is 827. The molecule has 2 aromatic heterocycles. The molecule has 0 radical (unpaired) electrons. The Morgan fingerprint density at radius 1 is 1.40 bits per heavy atom. The van der Waals surface area contributed by atoms with Gasteiger partial charge in [0.15, 0.2) is 0 Å². The summed E-state index contributed by atoms with van der Waals surface area (Å²) in [6, 6.07) is 5.73. The van der Waals surface area contributed by atoms with Crippen molar-refractivity contribution < 1.29 is 9.53 Å². The van der Waals surface area contributed by atoms with E-state index in [1.165, 1.54) is 6.33 Å². The van der Waals surface area contributed by atoms with Crippen molar-refractivity contribution in [3.05, 3.63) is 36.7 Å². The smallest absolute Gasteiger partial charge is 0.222 e. The summed E-state index contributed by atoms with van der Waals surface area (Å²) in [7, 11) is 3.46. The Hall–Kier alpha value is -2.90. The monoisotopic (exact) mass is 342 g/mol. The van der Waals surface area contributed by atoms with Crippen LogP contribution in [0.15, 0.2) is 30.9 Å². The molecule has 0 spiro atoms. The molecule has 0 aliphatic heterocycles. The lowest BCUT2D eigenvalue weighted by Crippen LogP contribution is -2.29. The van der Waals surface area contributed by atoms with Gasteiger partial charge in [-0.05, 0) is 18.6 Å². The molecule has 1 amide bonds. The van der Waals surface area contributed by atoms with Crippen LogP contribution >= 0.6 is 0 Å². The Morgan fingerprint density at radius 2 is 2.28 bits per heavy atom. The molecule has 0 saturated carbocycles. The van der Waals surface area contributed by atoms with Crippen molar-refractivity contribution in [3.8, 4) is 5.75 Å². The fourth-order valence-electron chi connectivity index (χ4n) is 2.62. The van der Waals surface area contributed by atoms with Crippen LogP contribution in [-0.4, -0.2) is 56.2 Å². The quantitative estimate of drug-likeness (QED) is 0.672. The summed E-state index contributed by atoms with van der Waals surface area (Å²) in [5, 5.41) is 4.03. The Labute approximate surface area is 145 Å². The molecule has 1 aromatic carbocycles. The van der Waals surface area contributed by atoms with Gasteiger partial charge in [-0.1, -0.05) is 0 Å². The molecule has 8 heteroatoms. The number of likely N-dealkylation sites (N-methyl/N-ethyl adjacent to an activating group) is 1. The van der Waals surface area contributed by atoms with E-state index in [1.807, 2.05) is 25.2 Å². The highest BCUT2D eigenvalue weighted by molar-refractivity contribution is 5.77. The van der Waals surface area contributed by atoms with Gasteiger partial charge in [-0.3, -0.25) is 9.48 Å². The van der Waals surface area contributed by atoms with Gasteiger partial charge in [0, 0.05) is 39.0 Å². The van der Waals surface area contributed by atoms with E-state index in [0.29, 0.717) is 25.9 Å². The van der Waals surface area contributed by atoms with Crippen molar-refractivity contribution in [2.75, 3.05) is 20.7 Å². The lowest BCUT2D eigenvalue weighted by molar-refractivity contribution is -0.130. The summed E-state index contributed by atoms with van der Waals surface area (Å²) >= 11 is 0. The molecule has 0 aliphatic rings. The topological polar surface area (TPSA) is 88.9 Å². The fourth-order valence-corrected chi connectivity index (χ4v) is 2.62. The van der Waals surface area contributed by atoms with Crippen molar-refractivity contribution in [1.29, 1.82) is 0 Å². The van der Waals surface area contributed by atoms with Gasteiger partial charge in [-0.25, -0.2) is 9.97 Å². The van der Waals surface area contributed by atoms with Gasteiger partial charge in [0.25, 0.3) is 0 Å².